The first-order chi connectivity index (χ1) is 9.28. The van der Waals surface area contributed by atoms with Crippen LogP contribution >= 0.6 is 11.6 Å². The van der Waals surface area contributed by atoms with Crippen LogP contribution in [-0.4, -0.2) is 25.4 Å². The molecule has 0 bridgehead atoms. The number of hydrogen-bond acceptors (Lipinski definition) is 3. The maximum Gasteiger partial charge on any atom is 0.127 e. The number of hydrogen-bond donors (Lipinski definition) is 1. The van der Waals surface area contributed by atoms with Crippen LogP contribution in [0.1, 0.15) is 37.8 Å². The molecule has 1 fully saturated rings. The fraction of sp³-hybridized carbons (Fsp3) is 0.600. The highest BCUT2D eigenvalue weighted by atomic mass is 35.5. The molecular weight excluding hydrogens is 262 g/mol. The molecule has 0 saturated carbocycles. The molecule has 0 aromatic heterocycles. The second-order valence-electron chi connectivity index (χ2n) is 5.24. The lowest BCUT2D eigenvalue weighted by Gasteiger charge is -2.35. The Morgan fingerprint density at radius 3 is 3.00 bits per heavy atom. The first-order valence-electron chi connectivity index (χ1n) is 7.09. The van der Waals surface area contributed by atoms with Gasteiger partial charge in [0.2, 0.25) is 0 Å². The Labute approximate surface area is 119 Å². The highest BCUT2D eigenvalue weighted by Gasteiger charge is 2.35. The van der Waals surface area contributed by atoms with E-state index in [1.807, 2.05) is 18.2 Å². The number of benzene rings is 1. The Balaban J connectivity index is 1.85. The SMILES string of the molecule is CCNC1CC(C2CCCO2)Oc2ccc(Cl)cc21. The van der Waals surface area contributed by atoms with Crippen molar-refractivity contribution in [3.05, 3.63) is 28.8 Å². The fourth-order valence-corrected chi connectivity index (χ4v) is 3.21. The summed E-state index contributed by atoms with van der Waals surface area (Å²) in [5.74, 6) is 0.946. The normalized spacial score (nSPS) is 29.9. The van der Waals surface area contributed by atoms with Gasteiger partial charge in [0.05, 0.1) is 6.10 Å². The lowest BCUT2D eigenvalue weighted by Crippen LogP contribution is -2.39. The Hall–Kier alpha value is -0.770. The molecular formula is C15H20ClNO2. The van der Waals surface area contributed by atoms with E-state index in [-0.39, 0.29) is 12.2 Å². The third kappa shape index (κ3) is 2.73. The Morgan fingerprint density at radius 1 is 1.37 bits per heavy atom. The fourth-order valence-electron chi connectivity index (χ4n) is 3.03. The molecule has 4 heteroatoms. The third-order valence-electron chi connectivity index (χ3n) is 3.92. The van der Waals surface area contributed by atoms with E-state index in [0.717, 1.165) is 43.2 Å². The summed E-state index contributed by atoms with van der Waals surface area (Å²) in [5.41, 5.74) is 1.17. The molecule has 0 radical (unpaired) electrons. The minimum Gasteiger partial charge on any atom is -0.487 e. The van der Waals surface area contributed by atoms with E-state index < -0.39 is 0 Å². The molecule has 2 aliphatic heterocycles. The van der Waals surface area contributed by atoms with Crippen molar-refractivity contribution in [2.24, 2.45) is 0 Å². The second-order valence-corrected chi connectivity index (χ2v) is 5.67. The quantitative estimate of drug-likeness (QED) is 0.922. The zero-order chi connectivity index (χ0) is 13.2. The van der Waals surface area contributed by atoms with Gasteiger partial charge >= 0.3 is 0 Å². The lowest BCUT2D eigenvalue weighted by molar-refractivity contribution is -0.00435. The van der Waals surface area contributed by atoms with Gasteiger partial charge in [0.15, 0.2) is 0 Å². The summed E-state index contributed by atoms with van der Waals surface area (Å²) in [6.07, 6.45) is 3.59. The van der Waals surface area contributed by atoms with Crippen molar-refractivity contribution in [1.29, 1.82) is 0 Å². The molecule has 3 unspecified atom stereocenters. The molecule has 0 aliphatic carbocycles. The van der Waals surface area contributed by atoms with Crippen LogP contribution in [0.25, 0.3) is 0 Å². The van der Waals surface area contributed by atoms with Crippen molar-refractivity contribution in [1.82, 2.24) is 5.32 Å². The van der Waals surface area contributed by atoms with Crippen molar-refractivity contribution >= 4 is 11.6 Å². The molecule has 19 heavy (non-hydrogen) atoms. The van der Waals surface area contributed by atoms with Gasteiger partial charge < -0.3 is 14.8 Å². The van der Waals surface area contributed by atoms with Crippen molar-refractivity contribution in [3.8, 4) is 5.75 Å². The zero-order valence-corrected chi connectivity index (χ0v) is 12.0. The first-order valence-corrected chi connectivity index (χ1v) is 7.47. The van der Waals surface area contributed by atoms with Gasteiger partial charge in [0.25, 0.3) is 0 Å². The third-order valence-corrected chi connectivity index (χ3v) is 4.16. The highest BCUT2D eigenvalue weighted by Crippen LogP contribution is 2.38. The summed E-state index contributed by atoms with van der Waals surface area (Å²) in [5, 5.41) is 4.29. The van der Waals surface area contributed by atoms with Crippen LogP contribution in [0.5, 0.6) is 5.75 Å². The van der Waals surface area contributed by atoms with Crippen LogP contribution in [0.2, 0.25) is 5.02 Å². The van der Waals surface area contributed by atoms with E-state index in [9.17, 15) is 0 Å². The maximum atomic E-state index is 6.12. The number of fused-ring (bicyclic) bond motifs is 1. The van der Waals surface area contributed by atoms with Crippen LogP contribution in [0.4, 0.5) is 0 Å². The van der Waals surface area contributed by atoms with Gasteiger partial charge in [-0.2, -0.15) is 0 Å². The standard InChI is InChI=1S/C15H20ClNO2/c1-2-17-12-9-15(14-4-3-7-18-14)19-13-6-5-10(16)8-11(12)13/h5-6,8,12,14-15,17H,2-4,7,9H2,1H3. The lowest BCUT2D eigenvalue weighted by atomic mass is 9.93. The van der Waals surface area contributed by atoms with Crippen LogP contribution < -0.4 is 10.1 Å². The minimum atomic E-state index is 0.153. The van der Waals surface area contributed by atoms with Crippen molar-refractivity contribution < 1.29 is 9.47 Å². The molecule has 1 saturated heterocycles. The van der Waals surface area contributed by atoms with Crippen LogP contribution in [-0.2, 0) is 4.74 Å². The van der Waals surface area contributed by atoms with E-state index in [0.29, 0.717) is 6.04 Å². The molecule has 1 N–H and O–H groups in total. The first kappa shape index (κ1) is 13.2. The summed E-state index contributed by atoms with van der Waals surface area (Å²) in [6.45, 7) is 3.93. The zero-order valence-electron chi connectivity index (χ0n) is 11.2. The number of halogens is 1. The van der Waals surface area contributed by atoms with Gasteiger partial charge in [0, 0.05) is 29.7 Å². The van der Waals surface area contributed by atoms with Crippen molar-refractivity contribution in [2.75, 3.05) is 13.2 Å². The molecule has 2 heterocycles. The molecule has 0 amide bonds. The Kier molecular flexibility index (Phi) is 3.96. The smallest absolute Gasteiger partial charge is 0.127 e. The highest BCUT2D eigenvalue weighted by molar-refractivity contribution is 6.30. The summed E-state index contributed by atoms with van der Waals surface area (Å²) in [4.78, 5) is 0. The molecule has 3 rings (SSSR count). The summed E-state index contributed by atoms with van der Waals surface area (Å²) in [7, 11) is 0. The topological polar surface area (TPSA) is 30.5 Å². The molecule has 2 aliphatic rings. The molecule has 1 aromatic rings. The minimum absolute atomic E-state index is 0.153. The van der Waals surface area contributed by atoms with Gasteiger partial charge in [-0.3, -0.25) is 0 Å². The number of rotatable bonds is 3. The van der Waals surface area contributed by atoms with Crippen LogP contribution in [0.3, 0.4) is 0 Å². The average molecular weight is 282 g/mol. The van der Waals surface area contributed by atoms with Crippen LogP contribution in [0.15, 0.2) is 18.2 Å². The Bertz CT molecular complexity index is 446. The molecule has 0 spiro atoms. The van der Waals surface area contributed by atoms with E-state index >= 15 is 0 Å². The van der Waals surface area contributed by atoms with Gasteiger partial charge in [-0.15, -0.1) is 0 Å². The van der Waals surface area contributed by atoms with E-state index in [1.165, 1.54) is 5.56 Å². The molecule has 104 valence electrons. The predicted octanol–water partition coefficient (Wildman–Crippen LogP) is 3.32. The maximum absolute atomic E-state index is 6.12. The Morgan fingerprint density at radius 2 is 2.26 bits per heavy atom. The van der Waals surface area contributed by atoms with E-state index in [4.69, 9.17) is 21.1 Å². The number of ether oxygens (including phenoxy) is 2. The van der Waals surface area contributed by atoms with Gasteiger partial charge in [-0.25, -0.2) is 0 Å². The monoisotopic (exact) mass is 281 g/mol. The summed E-state index contributed by atoms with van der Waals surface area (Å²) < 4.78 is 11.9. The molecule has 3 nitrogen and oxygen atoms in total. The second kappa shape index (κ2) is 5.70. The summed E-state index contributed by atoms with van der Waals surface area (Å²) >= 11 is 6.10. The summed E-state index contributed by atoms with van der Waals surface area (Å²) in [6, 6.07) is 6.18. The van der Waals surface area contributed by atoms with Gasteiger partial charge in [0.1, 0.15) is 11.9 Å². The number of nitrogens with one attached hydrogen (secondary N) is 1. The molecule has 1 aromatic carbocycles. The van der Waals surface area contributed by atoms with Gasteiger partial charge in [-0.05, 0) is 37.6 Å². The molecule has 3 atom stereocenters. The van der Waals surface area contributed by atoms with Crippen molar-refractivity contribution in [3.63, 3.8) is 0 Å². The van der Waals surface area contributed by atoms with Crippen LogP contribution in [0, 0.1) is 0 Å². The van der Waals surface area contributed by atoms with Gasteiger partial charge in [-0.1, -0.05) is 18.5 Å². The van der Waals surface area contributed by atoms with E-state index in [2.05, 4.69) is 12.2 Å². The van der Waals surface area contributed by atoms with E-state index in [1.54, 1.807) is 0 Å². The largest absolute Gasteiger partial charge is 0.487 e. The average Bonchev–Trinajstić information content (AvgIpc) is 2.93. The van der Waals surface area contributed by atoms with Crippen molar-refractivity contribution in [2.45, 2.75) is 44.4 Å². The predicted molar refractivity (Wildman–Crippen MR) is 75.9 cm³/mol.